The maximum Gasteiger partial charge on any atom is 0.0233 e. The molecular weight excluding hydrogens is 244 g/mol. The molecule has 0 aromatic heterocycles. The van der Waals surface area contributed by atoms with Gasteiger partial charge in [-0.3, -0.25) is 0 Å². The van der Waals surface area contributed by atoms with E-state index in [2.05, 4.69) is 28.1 Å². The SMILES string of the molecule is ClSc1ccc(CCBr)cc1. The third-order valence-electron chi connectivity index (χ3n) is 1.40. The Morgan fingerprint density at radius 1 is 1.27 bits per heavy atom. The second-order valence-corrected chi connectivity index (χ2v) is 4.04. The van der Waals surface area contributed by atoms with E-state index in [0.29, 0.717) is 0 Å². The highest BCUT2D eigenvalue weighted by Crippen LogP contribution is 2.21. The first-order valence-corrected chi connectivity index (χ1v) is 6.06. The molecule has 0 atom stereocenters. The van der Waals surface area contributed by atoms with Crippen molar-refractivity contribution in [1.29, 1.82) is 0 Å². The minimum absolute atomic E-state index is 1.01. The first-order chi connectivity index (χ1) is 5.36. The minimum Gasteiger partial charge on any atom is -0.0924 e. The monoisotopic (exact) mass is 250 g/mol. The molecule has 0 nitrogen and oxygen atoms in total. The fourth-order valence-electron chi connectivity index (χ4n) is 0.817. The Balaban J connectivity index is 2.66. The highest BCUT2D eigenvalue weighted by Gasteiger charge is 1.92. The van der Waals surface area contributed by atoms with Gasteiger partial charge in [0.2, 0.25) is 0 Å². The van der Waals surface area contributed by atoms with Crippen molar-refractivity contribution in [3.05, 3.63) is 29.8 Å². The van der Waals surface area contributed by atoms with Crippen LogP contribution in [0, 0.1) is 0 Å². The van der Waals surface area contributed by atoms with Crippen molar-refractivity contribution in [3.63, 3.8) is 0 Å². The van der Waals surface area contributed by atoms with Crippen LogP contribution >= 0.6 is 37.6 Å². The quantitative estimate of drug-likeness (QED) is 0.735. The van der Waals surface area contributed by atoms with Gasteiger partial charge in [-0.15, -0.1) is 0 Å². The molecule has 0 bridgehead atoms. The largest absolute Gasteiger partial charge is 0.0924 e. The van der Waals surface area contributed by atoms with Gasteiger partial charge in [-0.05, 0) is 45.8 Å². The smallest absolute Gasteiger partial charge is 0.0233 e. The summed E-state index contributed by atoms with van der Waals surface area (Å²) in [6.07, 6.45) is 1.08. The third-order valence-corrected chi connectivity index (χ3v) is 2.78. The second-order valence-electron chi connectivity index (χ2n) is 2.16. The van der Waals surface area contributed by atoms with Gasteiger partial charge in [0.25, 0.3) is 0 Å². The van der Waals surface area contributed by atoms with Crippen molar-refractivity contribution >= 4 is 37.6 Å². The lowest BCUT2D eigenvalue weighted by atomic mass is 10.2. The molecule has 60 valence electrons. The van der Waals surface area contributed by atoms with Crippen molar-refractivity contribution in [3.8, 4) is 0 Å². The van der Waals surface area contributed by atoms with Crippen molar-refractivity contribution < 1.29 is 0 Å². The molecule has 0 heterocycles. The Bertz CT molecular complexity index is 210. The summed E-state index contributed by atoms with van der Waals surface area (Å²) in [7, 11) is 6.82. The van der Waals surface area contributed by atoms with Gasteiger partial charge in [0.15, 0.2) is 0 Å². The zero-order chi connectivity index (χ0) is 8.10. The van der Waals surface area contributed by atoms with Crippen LogP contribution in [0.5, 0.6) is 0 Å². The van der Waals surface area contributed by atoms with Gasteiger partial charge in [-0.2, -0.15) is 0 Å². The van der Waals surface area contributed by atoms with Crippen LogP contribution in [-0.4, -0.2) is 5.33 Å². The number of benzene rings is 1. The predicted octanol–water partition coefficient (Wildman–Crippen LogP) is 3.87. The zero-order valence-corrected chi connectivity index (χ0v) is 9.05. The summed E-state index contributed by atoms with van der Waals surface area (Å²) in [5.41, 5.74) is 1.34. The van der Waals surface area contributed by atoms with Crippen LogP contribution < -0.4 is 0 Å². The van der Waals surface area contributed by atoms with Gasteiger partial charge in [-0.25, -0.2) is 0 Å². The molecule has 0 aliphatic carbocycles. The summed E-state index contributed by atoms with van der Waals surface area (Å²) in [5, 5.41) is 1.01. The third kappa shape index (κ3) is 3.06. The molecule has 0 aliphatic rings. The van der Waals surface area contributed by atoms with Crippen molar-refractivity contribution in [2.75, 3.05) is 5.33 Å². The Kier molecular flexibility index (Phi) is 4.34. The molecule has 0 spiro atoms. The number of hydrogen-bond donors (Lipinski definition) is 0. The molecule has 1 aromatic carbocycles. The summed E-state index contributed by atoms with van der Waals surface area (Å²) in [6, 6.07) is 8.28. The number of rotatable bonds is 3. The normalized spacial score (nSPS) is 10.0. The van der Waals surface area contributed by atoms with E-state index in [0.717, 1.165) is 16.6 Å². The van der Waals surface area contributed by atoms with Crippen LogP contribution in [-0.2, 0) is 6.42 Å². The van der Waals surface area contributed by atoms with Crippen LogP contribution in [0.25, 0.3) is 0 Å². The summed E-state index contributed by atoms with van der Waals surface area (Å²) in [4.78, 5) is 1.10. The summed E-state index contributed by atoms with van der Waals surface area (Å²) in [6.45, 7) is 0. The van der Waals surface area contributed by atoms with Crippen molar-refractivity contribution in [2.24, 2.45) is 0 Å². The van der Waals surface area contributed by atoms with Crippen molar-refractivity contribution in [1.82, 2.24) is 0 Å². The molecule has 0 amide bonds. The van der Waals surface area contributed by atoms with Gasteiger partial charge >= 0.3 is 0 Å². The molecule has 1 rings (SSSR count). The summed E-state index contributed by atoms with van der Waals surface area (Å²) >= 11 is 3.39. The Morgan fingerprint density at radius 2 is 1.91 bits per heavy atom. The van der Waals surface area contributed by atoms with Gasteiger partial charge in [0, 0.05) is 10.2 Å². The van der Waals surface area contributed by atoms with E-state index < -0.39 is 0 Å². The highest BCUT2D eigenvalue weighted by atomic mass is 79.9. The average Bonchev–Trinajstić information content (AvgIpc) is 2.07. The predicted molar refractivity (Wildman–Crippen MR) is 55.7 cm³/mol. The fourth-order valence-corrected chi connectivity index (χ4v) is 1.82. The van der Waals surface area contributed by atoms with E-state index in [1.807, 2.05) is 12.1 Å². The standard InChI is InChI=1S/C8H8BrClS/c9-6-5-7-1-3-8(11-10)4-2-7/h1-4H,5-6H2. The van der Waals surface area contributed by atoms with E-state index in [-0.39, 0.29) is 0 Å². The highest BCUT2D eigenvalue weighted by molar-refractivity contribution is 9.09. The van der Waals surface area contributed by atoms with Crippen molar-refractivity contribution in [2.45, 2.75) is 11.3 Å². The average molecular weight is 252 g/mol. The molecule has 3 heteroatoms. The molecule has 1 aromatic rings. The molecular formula is C8H8BrClS. The minimum atomic E-state index is 1.01. The van der Waals surface area contributed by atoms with Gasteiger partial charge < -0.3 is 0 Å². The maximum atomic E-state index is 5.56. The molecule has 11 heavy (non-hydrogen) atoms. The van der Waals surface area contributed by atoms with E-state index in [1.165, 1.54) is 16.5 Å². The lowest BCUT2D eigenvalue weighted by Gasteiger charge is -1.97. The van der Waals surface area contributed by atoms with E-state index in [9.17, 15) is 0 Å². The van der Waals surface area contributed by atoms with E-state index in [4.69, 9.17) is 10.7 Å². The second kappa shape index (κ2) is 5.07. The number of aryl methyl sites for hydroxylation is 1. The first kappa shape index (κ1) is 9.43. The summed E-state index contributed by atoms with van der Waals surface area (Å²) < 4.78 is 0. The number of alkyl halides is 1. The van der Waals surface area contributed by atoms with Crippen LogP contribution in [0.3, 0.4) is 0 Å². The van der Waals surface area contributed by atoms with Crippen LogP contribution in [0.4, 0.5) is 0 Å². The molecule has 0 unspecified atom stereocenters. The van der Waals surface area contributed by atoms with Crippen LogP contribution in [0.1, 0.15) is 5.56 Å². The molecule has 0 saturated carbocycles. The topological polar surface area (TPSA) is 0 Å². The molecule has 0 saturated heterocycles. The van der Waals surface area contributed by atoms with Crippen LogP contribution in [0.2, 0.25) is 0 Å². The lowest BCUT2D eigenvalue weighted by molar-refractivity contribution is 1.16. The van der Waals surface area contributed by atoms with Gasteiger partial charge in [0.05, 0.1) is 0 Å². The molecule has 0 fully saturated rings. The molecule has 0 N–H and O–H groups in total. The fraction of sp³-hybridized carbons (Fsp3) is 0.250. The van der Waals surface area contributed by atoms with Crippen LogP contribution in [0.15, 0.2) is 29.2 Å². The zero-order valence-electron chi connectivity index (χ0n) is 5.89. The van der Waals surface area contributed by atoms with Gasteiger partial charge in [0.1, 0.15) is 0 Å². The van der Waals surface area contributed by atoms with E-state index >= 15 is 0 Å². The molecule has 0 radical (unpaired) electrons. The summed E-state index contributed by atoms with van der Waals surface area (Å²) in [5.74, 6) is 0. The number of halogens is 2. The van der Waals surface area contributed by atoms with Gasteiger partial charge in [-0.1, -0.05) is 28.1 Å². The Morgan fingerprint density at radius 3 is 2.36 bits per heavy atom. The first-order valence-electron chi connectivity index (χ1n) is 3.30. The Labute approximate surface area is 84.0 Å². The Hall–Kier alpha value is 0.340. The van der Waals surface area contributed by atoms with E-state index in [1.54, 1.807) is 0 Å². The number of hydrogen-bond acceptors (Lipinski definition) is 1. The maximum absolute atomic E-state index is 5.56. The molecule has 0 aliphatic heterocycles. The lowest BCUT2D eigenvalue weighted by Crippen LogP contribution is -1.83.